The zero-order valence-corrected chi connectivity index (χ0v) is 10.2. The van der Waals surface area contributed by atoms with Crippen LogP contribution in [0.4, 0.5) is 5.69 Å². The van der Waals surface area contributed by atoms with Crippen LogP contribution in [0, 0.1) is 11.3 Å². The van der Waals surface area contributed by atoms with Gasteiger partial charge in [0, 0.05) is 18.7 Å². The first-order valence-electron chi connectivity index (χ1n) is 6.19. The van der Waals surface area contributed by atoms with E-state index in [1.165, 1.54) is 0 Å². The normalized spacial score (nSPS) is 18.3. The van der Waals surface area contributed by atoms with Gasteiger partial charge in [-0.3, -0.25) is 4.79 Å². The van der Waals surface area contributed by atoms with E-state index in [9.17, 15) is 4.79 Å². The molecule has 1 atom stereocenters. The van der Waals surface area contributed by atoms with Gasteiger partial charge < -0.3 is 10.1 Å². The average molecular weight is 244 g/mol. The molecule has 0 aromatic heterocycles. The Kier molecular flexibility index (Phi) is 4.32. The largest absolute Gasteiger partial charge is 0.378 e. The van der Waals surface area contributed by atoms with E-state index in [0.717, 1.165) is 25.9 Å². The summed E-state index contributed by atoms with van der Waals surface area (Å²) in [5.41, 5.74) is 1.22. The molecule has 1 saturated heterocycles. The quantitative estimate of drug-likeness (QED) is 0.884. The topological polar surface area (TPSA) is 62.1 Å². The van der Waals surface area contributed by atoms with Crippen LogP contribution >= 0.6 is 0 Å². The third kappa shape index (κ3) is 3.57. The Bertz CT molecular complexity index is 459. The molecule has 1 aliphatic heterocycles. The van der Waals surface area contributed by atoms with Crippen molar-refractivity contribution in [2.75, 3.05) is 11.9 Å². The van der Waals surface area contributed by atoms with Crippen molar-refractivity contribution in [3.63, 3.8) is 0 Å². The number of carbonyl (C=O) groups is 1. The fourth-order valence-electron chi connectivity index (χ4n) is 2.05. The van der Waals surface area contributed by atoms with Crippen LogP contribution in [0.3, 0.4) is 0 Å². The third-order valence-electron chi connectivity index (χ3n) is 2.99. The molecular formula is C14H16N2O2. The van der Waals surface area contributed by atoms with Crippen molar-refractivity contribution in [2.24, 2.45) is 0 Å². The summed E-state index contributed by atoms with van der Waals surface area (Å²) in [5, 5.41) is 11.6. The van der Waals surface area contributed by atoms with Gasteiger partial charge in [-0.25, -0.2) is 0 Å². The molecule has 1 fully saturated rings. The van der Waals surface area contributed by atoms with Crippen LogP contribution in [0.15, 0.2) is 24.3 Å². The number of benzene rings is 1. The monoisotopic (exact) mass is 244 g/mol. The minimum atomic E-state index is -0.0272. The predicted octanol–water partition coefficient (Wildman–Crippen LogP) is 2.46. The molecule has 0 radical (unpaired) electrons. The maximum absolute atomic E-state index is 11.7. The molecule has 1 N–H and O–H groups in total. The highest BCUT2D eigenvalue weighted by Gasteiger charge is 2.16. The second-order valence-electron chi connectivity index (χ2n) is 4.41. The highest BCUT2D eigenvalue weighted by Crippen LogP contribution is 2.17. The van der Waals surface area contributed by atoms with Crippen LogP contribution in [0.5, 0.6) is 0 Å². The van der Waals surface area contributed by atoms with Crippen LogP contribution < -0.4 is 5.32 Å². The molecule has 94 valence electrons. The number of hydrogen-bond donors (Lipinski definition) is 1. The van der Waals surface area contributed by atoms with Crippen molar-refractivity contribution in [3.05, 3.63) is 29.8 Å². The van der Waals surface area contributed by atoms with E-state index < -0.39 is 0 Å². The smallest absolute Gasteiger partial charge is 0.224 e. The van der Waals surface area contributed by atoms with Gasteiger partial charge in [0.2, 0.25) is 5.91 Å². The van der Waals surface area contributed by atoms with Gasteiger partial charge in [-0.15, -0.1) is 0 Å². The van der Waals surface area contributed by atoms with Crippen LogP contribution in [0.2, 0.25) is 0 Å². The van der Waals surface area contributed by atoms with E-state index in [4.69, 9.17) is 10.00 Å². The van der Waals surface area contributed by atoms with Gasteiger partial charge in [-0.05, 0) is 37.5 Å². The molecule has 2 rings (SSSR count). The highest BCUT2D eigenvalue weighted by molar-refractivity contribution is 5.90. The number of anilines is 1. The van der Waals surface area contributed by atoms with E-state index in [1.54, 1.807) is 24.3 Å². The first-order chi connectivity index (χ1) is 8.78. The summed E-state index contributed by atoms with van der Waals surface area (Å²) in [5.74, 6) is -0.0272. The van der Waals surface area contributed by atoms with Gasteiger partial charge in [0.05, 0.1) is 17.7 Å². The number of nitrogens with zero attached hydrogens (tertiary/aromatic N) is 1. The van der Waals surface area contributed by atoms with Gasteiger partial charge in [0.15, 0.2) is 0 Å². The molecule has 18 heavy (non-hydrogen) atoms. The summed E-state index contributed by atoms with van der Waals surface area (Å²) >= 11 is 0. The molecule has 1 aliphatic rings. The van der Waals surface area contributed by atoms with Crippen LogP contribution in [0.1, 0.15) is 31.2 Å². The lowest BCUT2D eigenvalue weighted by Gasteiger charge is -2.09. The summed E-state index contributed by atoms with van der Waals surface area (Å²) in [6, 6.07) is 8.97. The first-order valence-corrected chi connectivity index (χ1v) is 6.19. The van der Waals surface area contributed by atoms with Crippen molar-refractivity contribution < 1.29 is 9.53 Å². The summed E-state index contributed by atoms with van der Waals surface area (Å²) in [7, 11) is 0. The third-order valence-corrected chi connectivity index (χ3v) is 2.99. The standard InChI is InChI=1S/C14H16N2O2/c15-10-11-3-1-4-12(9-11)16-14(17)7-6-13-5-2-8-18-13/h1,3-4,9,13H,2,5-8H2,(H,16,17)/t13-/m1/s1. The Hall–Kier alpha value is -1.86. The van der Waals surface area contributed by atoms with Gasteiger partial charge in [-0.2, -0.15) is 5.26 Å². The van der Waals surface area contributed by atoms with Gasteiger partial charge in [-0.1, -0.05) is 6.07 Å². The van der Waals surface area contributed by atoms with Gasteiger partial charge in [0.1, 0.15) is 0 Å². The number of nitriles is 1. The van der Waals surface area contributed by atoms with E-state index in [-0.39, 0.29) is 12.0 Å². The molecular weight excluding hydrogens is 228 g/mol. The SMILES string of the molecule is N#Cc1cccc(NC(=O)CC[C@H]2CCCO2)c1. The Morgan fingerprint density at radius 1 is 1.56 bits per heavy atom. The molecule has 0 saturated carbocycles. The maximum Gasteiger partial charge on any atom is 0.224 e. The lowest BCUT2D eigenvalue weighted by Crippen LogP contribution is -2.15. The summed E-state index contributed by atoms with van der Waals surface area (Å²) in [4.78, 5) is 11.7. The van der Waals surface area contributed by atoms with E-state index in [0.29, 0.717) is 17.7 Å². The number of amides is 1. The maximum atomic E-state index is 11.7. The number of rotatable bonds is 4. The van der Waals surface area contributed by atoms with Crippen molar-refractivity contribution in [2.45, 2.75) is 31.8 Å². The van der Waals surface area contributed by atoms with E-state index in [2.05, 4.69) is 5.32 Å². The average Bonchev–Trinajstić information content (AvgIpc) is 2.90. The second-order valence-corrected chi connectivity index (χ2v) is 4.41. The summed E-state index contributed by atoms with van der Waals surface area (Å²) in [6.45, 7) is 0.816. The van der Waals surface area contributed by atoms with Gasteiger partial charge >= 0.3 is 0 Å². The summed E-state index contributed by atoms with van der Waals surface area (Å²) in [6.07, 6.45) is 3.61. The summed E-state index contributed by atoms with van der Waals surface area (Å²) < 4.78 is 5.47. The van der Waals surface area contributed by atoms with Gasteiger partial charge in [0.25, 0.3) is 0 Å². The molecule has 0 bridgehead atoms. The lowest BCUT2D eigenvalue weighted by molar-refractivity contribution is -0.116. The fraction of sp³-hybridized carbons (Fsp3) is 0.429. The lowest BCUT2D eigenvalue weighted by atomic mass is 10.1. The van der Waals surface area contributed by atoms with E-state index >= 15 is 0 Å². The Morgan fingerprint density at radius 2 is 2.44 bits per heavy atom. The molecule has 1 aromatic rings. The minimum Gasteiger partial charge on any atom is -0.378 e. The zero-order chi connectivity index (χ0) is 12.8. The molecule has 0 aliphatic carbocycles. The Labute approximate surface area is 107 Å². The molecule has 1 heterocycles. The van der Waals surface area contributed by atoms with Crippen molar-refractivity contribution in [3.8, 4) is 6.07 Å². The molecule has 1 aromatic carbocycles. The zero-order valence-electron chi connectivity index (χ0n) is 10.2. The minimum absolute atomic E-state index is 0.0272. The van der Waals surface area contributed by atoms with E-state index in [1.807, 2.05) is 6.07 Å². The van der Waals surface area contributed by atoms with Crippen LogP contribution in [0.25, 0.3) is 0 Å². The molecule has 1 amide bonds. The van der Waals surface area contributed by atoms with Crippen molar-refractivity contribution >= 4 is 11.6 Å². The Balaban J connectivity index is 1.81. The number of ether oxygens (including phenoxy) is 1. The molecule has 4 nitrogen and oxygen atoms in total. The second kappa shape index (κ2) is 6.18. The molecule has 0 spiro atoms. The first kappa shape index (κ1) is 12.6. The fourth-order valence-corrected chi connectivity index (χ4v) is 2.05. The molecule has 4 heteroatoms. The van der Waals surface area contributed by atoms with Crippen molar-refractivity contribution in [1.82, 2.24) is 0 Å². The van der Waals surface area contributed by atoms with Crippen molar-refractivity contribution in [1.29, 1.82) is 5.26 Å². The van der Waals surface area contributed by atoms with Crippen LogP contribution in [-0.2, 0) is 9.53 Å². The highest BCUT2D eigenvalue weighted by atomic mass is 16.5. The number of nitrogens with one attached hydrogen (secondary N) is 1. The Morgan fingerprint density at radius 3 is 3.17 bits per heavy atom. The van der Waals surface area contributed by atoms with Crippen LogP contribution in [-0.4, -0.2) is 18.6 Å². The molecule has 0 unspecified atom stereocenters. The number of carbonyl (C=O) groups excluding carboxylic acids is 1. The predicted molar refractivity (Wildman–Crippen MR) is 68.0 cm³/mol. The number of hydrogen-bond acceptors (Lipinski definition) is 3.